The largest absolute Gasteiger partial charge is 0.378 e. The quantitative estimate of drug-likeness (QED) is 0.726. The van der Waals surface area contributed by atoms with Gasteiger partial charge in [0.2, 0.25) is 5.91 Å². The molecule has 0 aliphatic carbocycles. The molecule has 1 amide bonds. The van der Waals surface area contributed by atoms with E-state index in [9.17, 15) is 4.79 Å². The van der Waals surface area contributed by atoms with Crippen molar-refractivity contribution in [3.63, 3.8) is 0 Å². The van der Waals surface area contributed by atoms with Crippen molar-refractivity contribution >= 4 is 5.91 Å². The monoisotopic (exact) mass is 380 g/mol. The highest BCUT2D eigenvalue weighted by Crippen LogP contribution is 2.23. The van der Waals surface area contributed by atoms with E-state index in [0.29, 0.717) is 30.1 Å². The van der Waals surface area contributed by atoms with Crippen LogP contribution in [0.3, 0.4) is 0 Å². The Labute approximate surface area is 165 Å². The number of morpholine rings is 1. The fourth-order valence-electron chi connectivity index (χ4n) is 4.80. The maximum Gasteiger partial charge on any atom is 0.222 e. The molecular weight excluding hydrogens is 340 g/mol. The molecule has 0 spiro atoms. The van der Waals surface area contributed by atoms with Crippen LogP contribution in [-0.2, 0) is 9.53 Å². The van der Waals surface area contributed by atoms with Gasteiger partial charge in [-0.15, -0.1) is 0 Å². The van der Waals surface area contributed by atoms with Crippen molar-refractivity contribution in [2.45, 2.75) is 71.1 Å². The lowest BCUT2D eigenvalue weighted by Gasteiger charge is -2.45. The molecule has 0 bridgehead atoms. The van der Waals surface area contributed by atoms with E-state index >= 15 is 0 Å². The van der Waals surface area contributed by atoms with Crippen LogP contribution in [-0.4, -0.2) is 109 Å². The van der Waals surface area contributed by atoms with Gasteiger partial charge in [0.05, 0.1) is 13.2 Å². The number of amides is 1. The maximum absolute atomic E-state index is 11.6. The zero-order chi connectivity index (χ0) is 19.4. The highest BCUT2D eigenvalue weighted by Gasteiger charge is 2.33. The molecule has 4 saturated heterocycles. The highest BCUT2D eigenvalue weighted by atomic mass is 16.5. The standard InChI is InChI=1S/C11H20N2O.C10H20N2O/c1-9(2)12-6-7-13-10(8-12)4-3-5-11(13)14;1-9(2)12-4-3-11-5-6-13-8-10(11)7-12/h9-10H,3-8H2,1-2H3;9-10H,3-8H2,1-2H3. The van der Waals surface area contributed by atoms with Crippen LogP contribution in [0.1, 0.15) is 47.0 Å². The third-order valence-electron chi connectivity index (χ3n) is 6.69. The zero-order valence-electron chi connectivity index (χ0n) is 17.9. The molecule has 2 atom stereocenters. The van der Waals surface area contributed by atoms with E-state index in [1.807, 2.05) is 0 Å². The van der Waals surface area contributed by atoms with Crippen LogP contribution in [0, 0.1) is 0 Å². The van der Waals surface area contributed by atoms with E-state index in [1.54, 1.807) is 0 Å². The minimum atomic E-state index is 0.379. The molecule has 27 heavy (non-hydrogen) atoms. The minimum absolute atomic E-state index is 0.379. The Hall–Kier alpha value is -0.690. The second-order valence-corrected chi connectivity index (χ2v) is 9.08. The predicted molar refractivity (Wildman–Crippen MR) is 109 cm³/mol. The Bertz CT molecular complexity index is 485. The van der Waals surface area contributed by atoms with Crippen molar-refractivity contribution in [3.8, 4) is 0 Å². The van der Waals surface area contributed by atoms with Crippen molar-refractivity contribution in [1.82, 2.24) is 19.6 Å². The summed E-state index contributed by atoms with van der Waals surface area (Å²) in [5.74, 6) is 0.379. The van der Waals surface area contributed by atoms with E-state index in [-0.39, 0.29) is 0 Å². The second-order valence-electron chi connectivity index (χ2n) is 9.08. The van der Waals surface area contributed by atoms with Gasteiger partial charge in [-0.1, -0.05) is 0 Å². The van der Waals surface area contributed by atoms with E-state index < -0.39 is 0 Å². The molecule has 2 unspecified atom stereocenters. The summed E-state index contributed by atoms with van der Waals surface area (Å²) in [6.07, 6.45) is 3.07. The molecular formula is C21H40N4O2. The number of carbonyl (C=O) groups excluding carboxylic acids is 1. The van der Waals surface area contributed by atoms with Gasteiger partial charge in [0.1, 0.15) is 0 Å². The number of ether oxygens (including phenoxy) is 1. The van der Waals surface area contributed by atoms with E-state index in [4.69, 9.17) is 4.74 Å². The molecule has 4 fully saturated rings. The Balaban J connectivity index is 0.000000156. The van der Waals surface area contributed by atoms with Crippen LogP contribution in [0.5, 0.6) is 0 Å². The Morgan fingerprint density at radius 2 is 1.56 bits per heavy atom. The van der Waals surface area contributed by atoms with Gasteiger partial charge in [-0.05, 0) is 40.5 Å². The summed E-state index contributed by atoms with van der Waals surface area (Å²) in [6.45, 7) is 18.8. The van der Waals surface area contributed by atoms with Crippen molar-refractivity contribution in [2.24, 2.45) is 0 Å². The lowest BCUT2D eigenvalue weighted by molar-refractivity contribution is -0.139. The molecule has 6 nitrogen and oxygen atoms in total. The lowest BCUT2D eigenvalue weighted by atomic mass is 9.98. The predicted octanol–water partition coefficient (Wildman–Crippen LogP) is 1.50. The second kappa shape index (κ2) is 9.68. The third-order valence-corrected chi connectivity index (χ3v) is 6.69. The SMILES string of the molecule is CC(C)N1CCN2C(=O)CCCC2C1.CC(C)N1CCN2CCOCC2C1. The molecule has 156 valence electrons. The van der Waals surface area contributed by atoms with Crippen molar-refractivity contribution in [2.75, 3.05) is 59.0 Å². The first kappa shape index (κ1) is 21.0. The number of hydrogen-bond acceptors (Lipinski definition) is 5. The van der Waals surface area contributed by atoms with Crippen LogP contribution in [0.2, 0.25) is 0 Å². The topological polar surface area (TPSA) is 39.3 Å². The van der Waals surface area contributed by atoms with Crippen LogP contribution in [0.4, 0.5) is 0 Å². The zero-order valence-corrected chi connectivity index (χ0v) is 17.9. The van der Waals surface area contributed by atoms with Gasteiger partial charge >= 0.3 is 0 Å². The van der Waals surface area contributed by atoms with Gasteiger partial charge in [0.15, 0.2) is 0 Å². The highest BCUT2D eigenvalue weighted by molar-refractivity contribution is 5.77. The van der Waals surface area contributed by atoms with E-state index in [1.165, 1.54) is 26.1 Å². The number of hydrogen-bond donors (Lipinski definition) is 0. The van der Waals surface area contributed by atoms with Crippen LogP contribution >= 0.6 is 0 Å². The summed E-state index contributed by atoms with van der Waals surface area (Å²) in [5, 5.41) is 0. The average Bonchev–Trinajstić information content (AvgIpc) is 2.68. The van der Waals surface area contributed by atoms with Crippen LogP contribution in [0.25, 0.3) is 0 Å². The first-order valence-corrected chi connectivity index (χ1v) is 11.0. The fourth-order valence-corrected chi connectivity index (χ4v) is 4.80. The smallest absolute Gasteiger partial charge is 0.222 e. The number of nitrogens with zero attached hydrogens (tertiary/aromatic N) is 4. The molecule has 0 radical (unpaired) electrons. The summed E-state index contributed by atoms with van der Waals surface area (Å²) in [5.41, 5.74) is 0. The van der Waals surface area contributed by atoms with Gasteiger partial charge in [0.25, 0.3) is 0 Å². The number of piperidine rings is 1. The van der Waals surface area contributed by atoms with Crippen LogP contribution < -0.4 is 0 Å². The molecule has 4 aliphatic heterocycles. The van der Waals surface area contributed by atoms with Crippen LogP contribution in [0.15, 0.2) is 0 Å². The Kier molecular flexibility index (Phi) is 7.54. The number of piperazine rings is 2. The minimum Gasteiger partial charge on any atom is -0.378 e. The maximum atomic E-state index is 11.6. The van der Waals surface area contributed by atoms with E-state index in [2.05, 4.69) is 47.3 Å². The molecule has 0 saturated carbocycles. The number of fused-ring (bicyclic) bond motifs is 2. The summed E-state index contributed by atoms with van der Waals surface area (Å²) in [4.78, 5) is 21.3. The van der Waals surface area contributed by atoms with Gasteiger partial charge in [0, 0.05) is 76.4 Å². The van der Waals surface area contributed by atoms with Gasteiger partial charge < -0.3 is 9.64 Å². The molecule has 4 aliphatic rings. The molecule has 0 aromatic carbocycles. The lowest BCUT2D eigenvalue weighted by Crippen LogP contribution is -2.59. The van der Waals surface area contributed by atoms with Crippen molar-refractivity contribution in [1.29, 1.82) is 0 Å². The van der Waals surface area contributed by atoms with E-state index in [0.717, 1.165) is 52.2 Å². The average molecular weight is 381 g/mol. The molecule has 4 rings (SSSR count). The summed E-state index contributed by atoms with van der Waals surface area (Å²) < 4.78 is 5.50. The van der Waals surface area contributed by atoms with Gasteiger partial charge in [-0.25, -0.2) is 0 Å². The fraction of sp³-hybridized carbons (Fsp3) is 0.952. The molecule has 0 aromatic rings. The summed E-state index contributed by atoms with van der Waals surface area (Å²) >= 11 is 0. The first-order valence-electron chi connectivity index (χ1n) is 11.0. The summed E-state index contributed by atoms with van der Waals surface area (Å²) in [6, 6.07) is 2.47. The number of carbonyl (C=O) groups is 1. The van der Waals surface area contributed by atoms with Crippen molar-refractivity contribution in [3.05, 3.63) is 0 Å². The molecule has 6 heteroatoms. The first-order chi connectivity index (χ1) is 13.0. The third kappa shape index (κ3) is 5.43. The molecule has 0 aromatic heterocycles. The van der Waals surface area contributed by atoms with Crippen molar-refractivity contribution < 1.29 is 9.53 Å². The van der Waals surface area contributed by atoms with Gasteiger partial charge in [-0.3, -0.25) is 19.5 Å². The Morgan fingerprint density at radius 3 is 2.26 bits per heavy atom. The summed E-state index contributed by atoms with van der Waals surface area (Å²) in [7, 11) is 0. The Morgan fingerprint density at radius 1 is 0.889 bits per heavy atom. The molecule has 4 heterocycles. The van der Waals surface area contributed by atoms with Gasteiger partial charge in [-0.2, -0.15) is 0 Å². The normalized spacial score (nSPS) is 30.7. The molecule has 0 N–H and O–H groups in total. The number of rotatable bonds is 2.